The summed E-state index contributed by atoms with van der Waals surface area (Å²) < 4.78 is 30.0. The number of amides is 2. The van der Waals surface area contributed by atoms with E-state index < -0.39 is 23.6 Å². The molecule has 14 heavy (non-hydrogen) atoms. The molecule has 2 amide bonds. The number of rotatable bonds is 2. The Kier molecular flexibility index (Phi) is 1.43. The molecule has 1 aliphatic heterocycles. The topological polar surface area (TPSA) is 37.4 Å². The molecule has 1 heterocycles. The second-order valence-corrected chi connectivity index (χ2v) is 3.09. The van der Waals surface area contributed by atoms with E-state index in [0.717, 1.165) is 0 Å². The summed E-state index contributed by atoms with van der Waals surface area (Å²) in [5.74, 6) is -1.66. The van der Waals surface area contributed by atoms with Gasteiger partial charge in [-0.1, -0.05) is 28.1 Å². The van der Waals surface area contributed by atoms with E-state index in [9.17, 15) is 9.59 Å². The van der Waals surface area contributed by atoms with Crippen LogP contribution in [0.25, 0.3) is 0 Å². The first kappa shape index (κ1) is 5.66. The van der Waals surface area contributed by atoms with Crippen molar-refractivity contribution >= 4 is 27.7 Å². The van der Waals surface area contributed by atoms with Crippen LogP contribution < -0.4 is 0 Å². The second kappa shape index (κ2) is 3.53. The fourth-order valence-electron chi connectivity index (χ4n) is 1.33. The lowest BCUT2D eigenvalue weighted by molar-refractivity contribution is 0.0665. The standard InChI is InChI=1S/C10H8BrNO2/c11-5-6-12-9(13)7-3-1-2-4-8(7)10(12)14/h1-4H,5-6H2/i5D2,6D2. The van der Waals surface area contributed by atoms with Gasteiger partial charge in [-0.3, -0.25) is 14.5 Å². The van der Waals surface area contributed by atoms with Crippen molar-refractivity contribution in [2.45, 2.75) is 0 Å². The number of alkyl halides is 1. The van der Waals surface area contributed by atoms with Crippen LogP contribution >= 0.6 is 15.9 Å². The molecule has 0 saturated heterocycles. The minimum atomic E-state index is -2.78. The van der Waals surface area contributed by atoms with Gasteiger partial charge in [0.25, 0.3) is 11.8 Å². The third-order valence-electron chi connectivity index (χ3n) is 1.95. The highest BCUT2D eigenvalue weighted by atomic mass is 79.9. The molecule has 72 valence electrons. The van der Waals surface area contributed by atoms with Gasteiger partial charge in [0, 0.05) is 14.5 Å². The molecule has 0 aliphatic carbocycles. The second-order valence-electron chi connectivity index (χ2n) is 2.70. The number of imide groups is 1. The van der Waals surface area contributed by atoms with Crippen LogP contribution in [0.5, 0.6) is 0 Å². The molecule has 0 atom stereocenters. The Hall–Kier alpha value is -1.16. The van der Waals surface area contributed by atoms with Gasteiger partial charge in [0.15, 0.2) is 0 Å². The Morgan fingerprint density at radius 1 is 1.21 bits per heavy atom. The molecule has 0 spiro atoms. The molecule has 2 rings (SSSR count). The van der Waals surface area contributed by atoms with Crippen LogP contribution in [0, 0.1) is 0 Å². The number of nitrogens with zero attached hydrogens (tertiary/aromatic N) is 1. The normalized spacial score (nSPS) is 21.1. The molecule has 0 saturated carbocycles. The molecule has 1 aromatic carbocycles. The van der Waals surface area contributed by atoms with Gasteiger partial charge in [-0.05, 0) is 12.1 Å². The third-order valence-corrected chi connectivity index (χ3v) is 2.13. The van der Waals surface area contributed by atoms with E-state index in [0.29, 0.717) is 4.90 Å². The monoisotopic (exact) mass is 257 g/mol. The summed E-state index contributed by atoms with van der Waals surface area (Å²) in [7, 11) is 0. The maximum atomic E-state index is 12.0. The molecule has 1 aliphatic rings. The molecule has 0 radical (unpaired) electrons. The predicted molar refractivity (Wildman–Crippen MR) is 55.6 cm³/mol. The highest BCUT2D eigenvalue weighted by Crippen LogP contribution is 2.21. The van der Waals surface area contributed by atoms with E-state index in [4.69, 9.17) is 5.48 Å². The molecule has 1 aromatic rings. The van der Waals surface area contributed by atoms with Crippen molar-refractivity contribution in [3.8, 4) is 0 Å². The Morgan fingerprint density at radius 2 is 1.71 bits per heavy atom. The van der Waals surface area contributed by atoms with Gasteiger partial charge in [-0.25, -0.2) is 0 Å². The number of fused-ring (bicyclic) bond motifs is 1. The van der Waals surface area contributed by atoms with Crippen molar-refractivity contribution in [1.82, 2.24) is 4.90 Å². The molecule has 3 nitrogen and oxygen atoms in total. The molecule has 4 heteroatoms. The molecular weight excluding hydrogens is 246 g/mol. The zero-order valence-corrected chi connectivity index (χ0v) is 8.54. The lowest BCUT2D eigenvalue weighted by Crippen LogP contribution is -2.31. The Bertz CT molecular complexity index is 506. The highest BCUT2D eigenvalue weighted by Gasteiger charge is 2.34. The number of carbonyl (C=O) groups is 2. The molecule has 0 fully saturated rings. The SMILES string of the molecule is [2H]C([2H])(Br)C([2H])([2H])N1C(=O)c2ccccc2C1=O. The number of hydrogen-bond donors (Lipinski definition) is 0. The minimum absolute atomic E-state index is 0.0862. The van der Waals surface area contributed by atoms with Crippen molar-refractivity contribution in [2.75, 3.05) is 11.8 Å². The zero-order valence-electron chi connectivity index (χ0n) is 11.0. The fourth-order valence-corrected chi connectivity index (χ4v) is 1.51. The van der Waals surface area contributed by atoms with E-state index in [-0.39, 0.29) is 11.1 Å². The van der Waals surface area contributed by atoms with Crippen LogP contribution in [-0.2, 0) is 0 Å². The Labute approximate surface area is 95.5 Å². The lowest BCUT2D eigenvalue weighted by Gasteiger charge is -2.10. The molecule has 0 aromatic heterocycles. The van der Waals surface area contributed by atoms with Gasteiger partial charge in [-0.2, -0.15) is 0 Å². The number of carbonyl (C=O) groups excluding carboxylic acids is 2. The van der Waals surface area contributed by atoms with Crippen LogP contribution in [0.4, 0.5) is 0 Å². The first-order valence-corrected chi connectivity index (χ1v) is 4.64. The van der Waals surface area contributed by atoms with Crippen LogP contribution in [0.1, 0.15) is 26.2 Å². The van der Waals surface area contributed by atoms with Crippen LogP contribution in [-0.4, -0.2) is 28.5 Å². The summed E-state index contributed by atoms with van der Waals surface area (Å²) in [6.07, 6.45) is 0. The van der Waals surface area contributed by atoms with Gasteiger partial charge in [0.2, 0.25) is 0 Å². The van der Waals surface area contributed by atoms with Gasteiger partial charge in [-0.15, -0.1) is 0 Å². The average molecular weight is 258 g/mol. The fraction of sp³-hybridized carbons (Fsp3) is 0.200. The Morgan fingerprint density at radius 3 is 2.14 bits per heavy atom. The summed E-state index contributed by atoms with van der Waals surface area (Å²) in [6, 6.07) is 5.95. The van der Waals surface area contributed by atoms with Crippen LogP contribution in [0.2, 0.25) is 0 Å². The van der Waals surface area contributed by atoms with Gasteiger partial charge < -0.3 is 0 Å². The number of hydrogen-bond acceptors (Lipinski definition) is 2. The first-order valence-electron chi connectivity index (χ1n) is 5.85. The van der Waals surface area contributed by atoms with Crippen LogP contribution in [0.15, 0.2) is 24.3 Å². The summed E-state index contributed by atoms with van der Waals surface area (Å²) >= 11 is 2.52. The van der Waals surface area contributed by atoms with Crippen molar-refractivity contribution in [3.63, 3.8) is 0 Å². The quantitative estimate of drug-likeness (QED) is 0.597. The smallest absolute Gasteiger partial charge is 0.261 e. The molecule has 0 N–H and O–H groups in total. The minimum Gasteiger partial charge on any atom is -0.273 e. The van der Waals surface area contributed by atoms with Crippen molar-refractivity contribution < 1.29 is 15.1 Å². The number of benzene rings is 1. The van der Waals surface area contributed by atoms with Gasteiger partial charge in [0.05, 0.1) is 13.9 Å². The Balaban J connectivity index is 2.53. The zero-order chi connectivity index (χ0) is 13.7. The van der Waals surface area contributed by atoms with Crippen LogP contribution in [0.3, 0.4) is 0 Å². The maximum Gasteiger partial charge on any atom is 0.261 e. The maximum absolute atomic E-state index is 12.0. The van der Waals surface area contributed by atoms with Crippen molar-refractivity contribution in [2.24, 2.45) is 0 Å². The van der Waals surface area contributed by atoms with E-state index in [1.54, 1.807) is 12.1 Å². The van der Waals surface area contributed by atoms with E-state index in [1.165, 1.54) is 12.1 Å². The molecular formula is C10H8BrNO2. The van der Waals surface area contributed by atoms with Gasteiger partial charge in [0.1, 0.15) is 0 Å². The summed E-state index contributed by atoms with van der Waals surface area (Å²) in [6.45, 7) is -2.78. The highest BCUT2D eigenvalue weighted by molar-refractivity contribution is 9.09. The van der Waals surface area contributed by atoms with Gasteiger partial charge >= 0.3 is 0 Å². The largest absolute Gasteiger partial charge is 0.273 e. The third kappa shape index (κ3) is 1.26. The summed E-state index contributed by atoms with van der Waals surface area (Å²) in [4.78, 5) is 24.3. The van der Waals surface area contributed by atoms with E-state index in [2.05, 4.69) is 15.9 Å². The average Bonchev–Trinajstić information content (AvgIpc) is 2.51. The summed E-state index contributed by atoms with van der Waals surface area (Å²) in [5, 5.41) is -2.53. The lowest BCUT2D eigenvalue weighted by atomic mass is 10.1. The first-order chi connectivity index (χ1) is 8.18. The van der Waals surface area contributed by atoms with Crippen molar-refractivity contribution in [3.05, 3.63) is 35.4 Å². The predicted octanol–water partition coefficient (Wildman–Crippen LogP) is 1.68. The molecule has 0 bridgehead atoms. The van der Waals surface area contributed by atoms with Crippen molar-refractivity contribution in [1.29, 1.82) is 0 Å². The number of halogens is 1. The summed E-state index contributed by atoms with van der Waals surface area (Å²) in [5.41, 5.74) is 0.172. The van der Waals surface area contributed by atoms with E-state index >= 15 is 0 Å². The molecule has 0 unspecified atom stereocenters. The van der Waals surface area contributed by atoms with E-state index in [1.807, 2.05) is 0 Å².